The number of sulfone groups is 1. The van der Waals surface area contributed by atoms with E-state index in [-0.39, 0.29) is 11.8 Å². The molecule has 1 aliphatic rings. The SMILES string of the molecule is CC(CS(C)(=O)=O)N(Cc1cnns1)C1CC1. The first-order chi connectivity index (χ1) is 7.96. The molecule has 1 heterocycles. The molecule has 2 rings (SSSR count). The molecule has 0 spiro atoms. The van der Waals surface area contributed by atoms with E-state index >= 15 is 0 Å². The molecule has 0 bridgehead atoms. The fourth-order valence-electron chi connectivity index (χ4n) is 2.02. The minimum atomic E-state index is -2.92. The standard InChI is InChI=1S/C10H17N3O2S2/c1-8(7-17(2,14)15)13(9-3-4-9)6-10-5-11-12-16-10/h5,8-9H,3-4,6-7H2,1-2H3. The molecule has 1 fully saturated rings. The van der Waals surface area contributed by atoms with Crippen LogP contribution in [0.2, 0.25) is 0 Å². The summed E-state index contributed by atoms with van der Waals surface area (Å²) in [7, 11) is -2.92. The maximum absolute atomic E-state index is 11.3. The normalized spacial score (nSPS) is 18.5. The molecule has 17 heavy (non-hydrogen) atoms. The van der Waals surface area contributed by atoms with Gasteiger partial charge in [-0.3, -0.25) is 4.90 Å². The third-order valence-corrected chi connectivity index (χ3v) is 4.60. The van der Waals surface area contributed by atoms with Crippen LogP contribution in [0.5, 0.6) is 0 Å². The summed E-state index contributed by atoms with van der Waals surface area (Å²) < 4.78 is 26.5. The van der Waals surface area contributed by atoms with Gasteiger partial charge in [-0.05, 0) is 31.3 Å². The lowest BCUT2D eigenvalue weighted by molar-refractivity contribution is 0.205. The summed E-state index contributed by atoms with van der Waals surface area (Å²) in [6.45, 7) is 2.74. The monoisotopic (exact) mass is 275 g/mol. The fourth-order valence-corrected chi connectivity index (χ4v) is 3.59. The maximum Gasteiger partial charge on any atom is 0.148 e. The van der Waals surface area contributed by atoms with Crippen molar-refractivity contribution in [2.24, 2.45) is 0 Å². The van der Waals surface area contributed by atoms with E-state index in [1.54, 1.807) is 6.20 Å². The third-order valence-electron chi connectivity index (χ3n) is 2.87. The lowest BCUT2D eigenvalue weighted by Crippen LogP contribution is -2.38. The molecule has 0 radical (unpaired) electrons. The molecule has 1 aromatic heterocycles. The van der Waals surface area contributed by atoms with Gasteiger partial charge in [-0.25, -0.2) is 8.42 Å². The highest BCUT2D eigenvalue weighted by Gasteiger charge is 2.33. The number of aromatic nitrogens is 2. The van der Waals surface area contributed by atoms with Crippen molar-refractivity contribution in [2.45, 2.75) is 38.4 Å². The lowest BCUT2D eigenvalue weighted by atomic mass is 10.3. The molecule has 0 aliphatic heterocycles. The van der Waals surface area contributed by atoms with Gasteiger partial charge < -0.3 is 0 Å². The highest BCUT2D eigenvalue weighted by atomic mass is 32.2. The van der Waals surface area contributed by atoms with Gasteiger partial charge in [-0.2, -0.15) is 0 Å². The number of rotatable bonds is 6. The van der Waals surface area contributed by atoms with Crippen LogP contribution in [0.1, 0.15) is 24.6 Å². The Morgan fingerprint density at radius 2 is 2.29 bits per heavy atom. The van der Waals surface area contributed by atoms with E-state index in [1.165, 1.54) is 30.6 Å². The predicted octanol–water partition coefficient (Wildman–Crippen LogP) is 0.936. The van der Waals surface area contributed by atoms with Gasteiger partial charge in [-0.15, -0.1) is 5.10 Å². The van der Waals surface area contributed by atoms with Gasteiger partial charge in [-0.1, -0.05) is 4.49 Å². The Bertz CT molecular complexity index is 454. The number of nitrogens with zero attached hydrogens (tertiary/aromatic N) is 3. The Kier molecular flexibility index (Phi) is 3.79. The summed E-state index contributed by atoms with van der Waals surface area (Å²) in [5.41, 5.74) is 0. The first kappa shape index (κ1) is 12.9. The van der Waals surface area contributed by atoms with E-state index in [0.29, 0.717) is 6.04 Å². The van der Waals surface area contributed by atoms with Crippen LogP contribution >= 0.6 is 11.5 Å². The Hall–Kier alpha value is -0.530. The van der Waals surface area contributed by atoms with E-state index in [4.69, 9.17) is 0 Å². The highest BCUT2D eigenvalue weighted by molar-refractivity contribution is 7.90. The van der Waals surface area contributed by atoms with E-state index in [0.717, 1.165) is 11.4 Å². The van der Waals surface area contributed by atoms with Gasteiger partial charge in [0.2, 0.25) is 0 Å². The Morgan fingerprint density at radius 1 is 1.59 bits per heavy atom. The average Bonchev–Trinajstić information content (AvgIpc) is 2.89. The summed E-state index contributed by atoms with van der Waals surface area (Å²) in [6.07, 6.45) is 5.39. The summed E-state index contributed by atoms with van der Waals surface area (Å²) >= 11 is 1.38. The lowest BCUT2D eigenvalue weighted by Gasteiger charge is -2.27. The molecule has 1 saturated carbocycles. The van der Waals surface area contributed by atoms with E-state index in [9.17, 15) is 8.42 Å². The van der Waals surface area contributed by atoms with Crippen LogP contribution in [0.3, 0.4) is 0 Å². The Morgan fingerprint density at radius 3 is 2.76 bits per heavy atom. The van der Waals surface area contributed by atoms with Crippen molar-refractivity contribution < 1.29 is 8.42 Å². The predicted molar refractivity (Wildman–Crippen MR) is 67.6 cm³/mol. The number of hydrogen-bond donors (Lipinski definition) is 0. The quantitative estimate of drug-likeness (QED) is 0.773. The van der Waals surface area contributed by atoms with Crippen molar-refractivity contribution in [1.29, 1.82) is 0 Å². The minimum absolute atomic E-state index is 0.0552. The van der Waals surface area contributed by atoms with Crippen molar-refractivity contribution >= 4 is 21.4 Å². The Balaban J connectivity index is 2.02. The van der Waals surface area contributed by atoms with Gasteiger partial charge in [0.25, 0.3) is 0 Å². The van der Waals surface area contributed by atoms with Crippen LogP contribution in [-0.2, 0) is 16.4 Å². The minimum Gasteiger partial charge on any atom is -0.292 e. The smallest absolute Gasteiger partial charge is 0.148 e. The van der Waals surface area contributed by atoms with Crippen molar-refractivity contribution in [1.82, 2.24) is 14.5 Å². The largest absolute Gasteiger partial charge is 0.292 e. The molecule has 1 aliphatic carbocycles. The first-order valence-electron chi connectivity index (χ1n) is 5.65. The summed E-state index contributed by atoms with van der Waals surface area (Å²) in [5.74, 6) is 0.218. The number of hydrogen-bond acceptors (Lipinski definition) is 6. The van der Waals surface area contributed by atoms with Crippen molar-refractivity contribution in [2.75, 3.05) is 12.0 Å². The van der Waals surface area contributed by atoms with Crippen LogP contribution in [0.4, 0.5) is 0 Å². The van der Waals surface area contributed by atoms with Crippen molar-refractivity contribution in [3.05, 3.63) is 11.1 Å². The topological polar surface area (TPSA) is 63.2 Å². The maximum atomic E-state index is 11.3. The molecule has 0 amide bonds. The van der Waals surface area contributed by atoms with E-state index in [1.807, 2.05) is 6.92 Å². The highest BCUT2D eigenvalue weighted by Crippen LogP contribution is 2.30. The second-order valence-electron chi connectivity index (χ2n) is 4.73. The second-order valence-corrected chi connectivity index (χ2v) is 7.78. The molecule has 5 nitrogen and oxygen atoms in total. The van der Waals surface area contributed by atoms with E-state index in [2.05, 4.69) is 14.5 Å². The molecule has 1 unspecified atom stereocenters. The van der Waals surface area contributed by atoms with Crippen LogP contribution in [0, 0.1) is 0 Å². The van der Waals surface area contributed by atoms with Crippen LogP contribution in [0.15, 0.2) is 6.20 Å². The molecule has 1 aromatic rings. The van der Waals surface area contributed by atoms with Crippen LogP contribution in [-0.4, -0.2) is 47.0 Å². The van der Waals surface area contributed by atoms with Gasteiger partial charge in [0, 0.05) is 24.9 Å². The zero-order chi connectivity index (χ0) is 12.5. The van der Waals surface area contributed by atoms with Gasteiger partial charge in [0.1, 0.15) is 9.84 Å². The zero-order valence-corrected chi connectivity index (χ0v) is 11.7. The second kappa shape index (κ2) is 4.99. The molecular formula is C10H17N3O2S2. The molecule has 0 N–H and O–H groups in total. The van der Waals surface area contributed by atoms with Gasteiger partial charge in [0.05, 0.1) is 16.8 Å². The van der Waals surface area contributed by atoms with Crippen LogP contribution < -0.4 is 0 Å². The molecule has 96 valence electrons. The molecule has 1 atom stereocenters. The van der Waals surface area contributed by atoms with Crippen molar-refractivity contribution in [3.63, 3.8) is 0 Å². The summed E-state index contributed by atoms with van der Waals surface area (Å²) in [6, 6.07) is 0.591. The summed E-state index contributed by atoms with van der Waals surface area (Å²) in [5, 5.41) is 3.81. The average molecular weight is 275 g/mol. The molecular weight excluding hydrogens is 258 g/mol. The van der Waals surface area contributed by atoms with Crippen LogP contribution in [0.25, 0.3) is 0 Å². The molecule has 0 aromatic carbocycles. The first-order valence-corrected chi connectivity index (χ1v) is 8.49. The molecule has 0 saturated heterocycles. The zero-order valence-electron chi connectivity index (χ0n) is 10.0. The van der Waals surface area contributed by atoms with Gasteiger partial charge in [0.15, 0.2) is 0 Å². The molecule has 7 heteroatoms. The third kappa shape index (κ3) is 4.01. The Labute approximate surface area is 106 Å². The van der Waals surface area contributed by atoms with E-state index < -0.39 is 9.84 Å². The summed E-state index contributed by atoms with van der Waals surface area (Å²) in [4.78, 5) is 3.35. The van der Waals surface area contributed by atoms with Gasteiger partial charge >= 0.3 is 0 Å². The fraction of sp³-hybridized carbons (Fsp3) is 0.800. The van der Waals surface area contributed by atoms with Crippen molar-refractivity contribution in [3.8, 4) is 0 Å².